The molecule has 0 heterocycles. The highest BCUT2D eigenvalue weighted by molar-refractivity contribution is 6.29. The second-order valence-corrected chi connectivity index (χ2v) is 4.39. The molecule has 0 atom stereocenters. The quantitative estimate of drug-likeness (QED) is 0.343. The Bertz CT molecular complexity index is 202. The fraction of sp³-hybridized carbons (Fsp3) is 0.857. The first-order valence-corrected chi connectivity index (χ1v) is 7.06. The molecule has 106 valence electrons. The maximum absolute atomic E-state index is 11.2. The number of carbonyl (C=O) groups is 2. The van der Waals surface area contributed by atoms with Crippen molar-refractivity contribution in [1.29, 1.82) is 0 Å². The third kappa shape index (κ3) is 10.1. The minimum Gasteiger partial charge on any atom is -0.457 e. The Hall–Kier alpha value is -1.06. The first kappa shape index (κ1) is 16.9. The lowest BCUT2D eigenvalue weighted by atomic mass is 10.2. The summed E-state index contributed by atoms with van der Waals surface area (Å²) in [5.41, 5.74) is 0. The maximum atomic E-state index is 11.2. The van der Waals surface area contributed by atoms with E-state index in [0.29, 0.717) is 13.2 Å². The molecule has 0 saturated heterocycles. The van der Waals surface area contributed by atoms with Crippen LogP contribution in [0.3, 0.4) is 0 Å². The Morgan fingerprint density at radius 3 is 1.39 bits per heavy atom. The van der Waals surface area contributed by atoms with Crippen LogP contribution >= 0.6 is 0 Å². The van der Waals surface area contributed by atoms with E-state index >= 15 is 0 Å². The summed E-state index contributed by atoms with van der Waals surface area (Å²) in [5.74, 6) is -1.72. The van der Waals surface area contributed by atoms with E-state index in [9.17, 15) is 9.59 Å². The molecule has 4 nitrogen and oxygen atoms in total. The molecule has 0 aliphatic rings. The minimum absolute atomic E-state index is 0.309. The van der Waals surface area contributed by atoms with Gasteiger partial charge < -0.3 is 9.47 Å². The van der Waals surface area contributed by atoms with Crippen molar-refractivity contribution < 1.29 is 19.1 Å². The summed E-state index contributed by atoms with van der Waals surface area (Å²) in [6, 6.07) is 0. The highest BCUT2D eigenvalue weighted by Gasteiger charge is 2.16. The molecule has 0 bridgehead atoms. The van der Waals surface area contributed by atoms with Gasteiger partial charge >= 0.3 is 11.9 Å². The van der Waals surface area contributed by atoms with E-state index in [4.69, 9.17) is 9.47 Å². The molecule has 0 rings (SSSR count). The van der Waals surface area contributed by atoms with Crippen LogP contribution in [0.1, 0.15) is 65.2 Å². The van der Waals surface area contributed by atoms with Crippen molar-refractivity contribution in [1.82, 2.24) is 0 Å². The van der Waals surface area contributed by atoms with E-state index in [0.717, 1.165) is 51.4 Å². The number of hydrogen-bond acceptors (Lipinski definition) is 4. The lowest BCUT2D eigenvalue weighted by molar-refractivity contribution is -0.167. The molecule has 0 saturated carbocycles. The zero-order valence-electron chi connectivity index (χ0n) is 11.7. The Labute approximate surface area is 110 Å². The van der Waals surface area contributed by atoms with Crippen LogP contribution in [-0.4, -0.2) is 25.2 Å². The van der Waals surface area contributed by atoms with Crippen LogP contribution in [0.15, 0.2) is 0 Å². The Kier molecular flexibility index (Phi) is 11.7. The molecular formula is C14H26O4. The predicted molar refractivity (Wildman–Crippen MR) is 70.2 cm³/mol. The zero-order valence-corrected chi connectivity index (χ0v) is 11.7. The number of carbonyl (C=O) groups excluding carboxylic acids is 2. The Balaban J connectivity index is 3.43. The monoisotopic (exact) mass is 258 g/mol. The van der Waals surface area contributed by atoms with E-state index in [-0.39, 0.29) is 0 Å². The van der Waals surface area contributed by atoms with Gasteiger partial charge in [0.25, 0.3) is 0 Å². The predicted octanol–water partition coefficient (Wildman–Crippen LogP) is 3.23. The van der Waals surface area contributed by atoms with Crippen LogP contribution < -0.4 is 0 Å². The normalized spacial score (nSPS) is 10.1. The molecule has 0 aliphatic heterocycles. The first-order chi connectivity index (χ1) is 8.72. The SMILES string of the molecule is CCCCCCOC(=O)C(=O)OCCCCCC. The fourth-order valence-electron chi connectivity index (χ4n) is 1.51. The number of esters is 2. The third-order valence-electron chi connectivity index (χ3n) is 2.63. The van der Waals surface area contributed by atoms with Crippen LogP contribution in [0.5, 0.6) is 0 Å². The summed E-state index contributed by atoms with van der Waals surface area (Å²) in [6.45, 7) is 4.84. The lowest BCUT2D eigenvalue weighted by Crippen LogP contribution is -2.21. The minimum atomic E-state index is -0.859. The second kappa shape index (κ2) is 12.4. The van der Waals surface area contributed by atoms with Crippen molar-refractivity contribution in [3.63, 3.8) is 0 Å². The summed E-state index contributed by atoms with van der Waals surface area (Å²) in [4.78, 5) is 22.4. The number of ether oxygens (including phenoxy) is 2. The number of unbranched alkanes of at least 4 members (excludes halogenated alkanes) is 6. The van der Waals surface area contributed by atoms with Crippen molar-refractivity contribution in [2.24, 2.45) is 0 Å². The Morgan fingerprint density at radius 2 is 1.06 bits per heavy atom. The largest absolute Gasteiger partial charge is 0.457 e. The first-order valence-electron chi connectivity index (χ1n) is 7.06. The molecule has 0 radical (unpaired) electrons. The van der Waals surface area contributed by atoms with Gasteiger partial charge in [0.15, 0.2) is 0 Å². The number of hydrogen-bond donors (Lipinski definition) is 0. The van der Waals surface area contributed by atoms with Gasteiger partial charge in [0.05, 0.1) is 13.2 Å². The molecule has 0 unspecified atom stereocenters. The van der Waals surface area contributed by atoms with Gasteiger partial charge in [-0.3, -0.25) is 0 Å². The lowest BCUT2D eigenvalue weighted by Gasteiger charge is -2.05. The Morgan fingerprint density at radius 1 is 0.667 bits per heavy atom. The molecule has 0 N–H and O–H groups in total. The van der Waals surface area contributed by atoms with Crippen molar-refractivity contribution in [2.45, 2.75) is 65.2 Å². The van der Waals surface area contributed by atoms with Crippen LogP contribution in [0.2, 0.25) is 0 Å². The van der Waals surface area contributed by atoms with Crippen LogP contribution in [0.4, 0.5) is 0 Å². The van der Waals surface area contributed by atoms with Gasteiger partial charge in [-0.05, 0) is 12.8 Å². The molecule has 0 aromatic heterocycles. The summed E-state index contributed by atoms with van der Waals surface area (Å²) < 4.78 is 9.63. The molecule has 18 heavy (non-hydrogen) atoms. The van der Waals surface area contributed by atoms with Crippen LogP contribution in [0, 0.1) is 0 Å². The zero-order chi connectivity index (χ0) is 13.6. The van der Waals surface area contributed by atoms with E-state index in [2.05, 4.69) is 13.8 Å². The molecule has 0 fully saturated rings. The van der Waals surface area contributed by atoms with Crippen LogP contribution in [-0.2, 0) is 19.1 Å². The summed E-state index contributed by atoms with van der Waals surface area (Å²) in [7, 11) is 0. The fourth-order valence-corrected chi connectivity index (χ4v) is 1.51. The van der Waals surface area contributed by atoms with Gasteiger partial charge in [0.2, 0.25) is 0 Å². The molecule has 0 aromatic carbocycles. The molecule has 0 aliphatic carbocycles. The highest BCUT2D eigenvalue weighted by atomic mass is 16.6. The molecule has 0 aromatic rings. The molecule has 4 heteroatoms. The average molecular weight is 258 g/mol. The van der Waals surface area contributed by atoms with Crippen LogP contribution in [0.25, 0.3) is 0 Å². The van der Waals surface area contributed by atoms with Gasteiger partial charge in [-0.15, -0.1) is 0 Å². The highest BCUT2D eigenvalue weighted by Crippen LogP contribution is 2.01. The van der Waals surface area contributed by atoms with Crippen molar-refractivity contribution in [3.8, 4) is 0 Å². The smallest absolute Gasteiger partial charge is 0.417 e. The molecule has 0 amide bonds. The van der Waals surface area contributed by atoms with Gasteiger partial charge in [-0.25, -0.2) is 9.59 Å². The van der Waals surface area contributed by atoms with Gasteiger partial charge in [-0.2, -0.15) is 0 Å². The summed E-state index contributed by atoms with van der Waals surface area (Å²) in [5, 5.41) is 0. The third-order valence-corrected chi connectivity index (χ3v) is 2.63. The van der Waals surface area contributed by atoms with E-state index in [1.54, 1.807) is 0 Å². The topological polar surface area (TPSA) is 52.6 Å². The summed E-state index contributed by atoms with van der Waals surface area (Å²) in [6.07, 6.45) is 8.18. The maximum Gasteiger partial charge on any atom is 0.417 e. The van der Waals surface area contributed by atoms with E-state index < -0.39 is 11.9 Å². The van der Waals surface area contributed by atoms with Crippen molar-refractivity contribution in [3.05, 3.63) is 0 Å². The molecular weight excluding hydrogens is 232 g/mol. The van der Waals surface area contributed by atoms with Crippen molar-refractivity contribution >= 4 is 11.9 Å². The van der Waals surface area contributed by atoms with Crippen molar-refractivity contribution in [2.75, 3.05) is 13.2 Å². The van der Waals surface area contributed by atoms with Gasteiger partial charge in [0, 0.05) is 0 Å². The van der Waals surface area contributed by atoms with E-state index in [1.807, 2.05) is 0 Å². The standard InChI is InChI=1S/C14H26O4/c1-3-5-7-9-11-17-13(15)14(16)18-12-10-8-6-4-2/h3-12H2,1-2H3. The summed E-state index contributed by atoms with van der Waals surface area (Å²) >= 11 is 0. The van der Waals surface area contributed by atoms with Gasteiger partial charge in [-0.1, -0.05) is 52.4 Å². The molecule has 0 spiro atoms. The average Bonchev–Trinajstić information content (AvgIpc) is 2.37. The second-order valence-electron chi connectivity index (χ2n) is 4.39. The van der Waals surface area contributed by atoms with E-state index in [1.165, 1.54) is 0 Å². The number of rotatable bonds is 10. The van der Waals surface area contributed by atoms with Gasteiger partial charge in [0.1, 0.15) is 0 Å².